The summed E-state index contributed by atoms with van der Waals surface area (Å²) in [5.74, 6) is -0.337. The monoisotopic (exact) mass is 306 g/mol. The Balaban J connectivity index is 2.23. The van der Waals surface area contributed by atoms with Crippen molar-refractivity contribution in [3.63, 3.8) is 0 Å². The van der Waals surface area contributed by atoms with Gasteiger partial charge in [0, 0.05) is 17.5 Å². The second-order valence-electron chi connectivity index (χ2n) is 5.26. The average molecular weight is 306 g/mol. The summed E-state index contributed by atoms with van der Waals surface area (Å²) in [5.41, 5.74) is 0.980. The van der Waals surface area contributed by atoms with E-state index in [4.69, 9.17) is 0 Å². The number of rotatable bonds is 5. The zero-order chi connectivity index (χ0) is 15.4. The predicted octanol–water partition coefficient (Wildman–Crippen LogP) is 4.65. The number of carbonyl (C=O) groups is 1. The molecule has 0 fully saturated rings. The molecule has 0 saturated heterocycles. The molecule has 0 bridgehead atoms. The van der Waals surface area contributed by atoms with Gasteiger partial charge in [0.25, 0.3) is 0 Å². The number of carbonyl (C=O) groups excluding carboxylic acids is 1. The van der Waals surface area contributed by atoms with Gasteiger partial charge in [-0.1, -0.05) is 19.9 Å². The fourth-order valence-electron chi connectivity index (χ4n) is 2.11. The predicted molar refractivity (Wildman–Crippen MR) is 86.2 cm³/mol. The van der Waals surface area contributed by atoms with E-state index in [9.17, 15) is 9.18 Å². The van der Waals surface area contributed by atoms with E-state index >= 15 is 0 Å². The van der Waals surface area contributed by atoms with Crippen LogP contribution in [0.25, 0.3) is 0 Å². The molecule has 0 aliphatic heterocycles. The van der Waals surface area contributed by atoms with Crippen LogP contribution in [0.5, 0.6) is 0 Å². The van der Waals surface area contributed by atoms with Gasteiger partial charge in [-0.2, -0.15) is 0 Å². The van der Waals surface area contributed by atoms with Crippen LogP contribution in [-0.2, 0) is 4.79 Å². The number of hydrogen-bond acceptors (Lipinski definition) is 3. The van der Waals surface area contributed by atoms with E-state index in [1.54, 1.807) is 23.5 Å². The van der Waals surface area contributed by atoms with Crippen molar-refractivity contribution in [3.8, 4) is 0 Å². The molecule has 0 spiro atoms. The summed E-state index contributed by atoms with van der Waals surface area (Å²) in [6, 6.07) is 8.93. The second-order valence-corrected chi connectivity index (χ2v) is 6.24. The lowest BCUT2D eigenvalue weighted by molar-refractivity contribution is -0.114. The highest BCUT2D eigenvalue weighted by atomic mass is 32.1. The van der Waals surface area contributed by atoms with Crippen LogP contribution >= 0.6 is 11.3 Å². The number of amides is 1. The normalized spacial score (nSPS) is 12.2. The fraction of sp³-hybridized carbons (Fsp3) is 0.312. The lowest BCUT2D eigenvalue weighted by atomic mass is 10.0. The lowest BCUT2D eigenvalue weighted by Crippen LogP contribution is -2.16. The smallest absolute Gasteiger partial charge is 0.221 e. The Morgan fingerprint density at radius 1 is 1.29 bits per heavy atom. The van der Waals surface area contributed by atoms with Gasteiger partial charge in [0.2, 0.25) is 5.91 Å². The maximum atomic E-state index is 13.7. The van der Waals surface area contributed by atoms with E-state index in [0.29, 0.717) is 5.92 Å². The molecule has 1 unspecified atom stereocenters. The SMILES string of the molecule is CC(=O)Nc1cc(NC(c2cccs2)C(C)C)ccc1F. The van der Waals surface area contributed by atoms with Crippen molar-refractivity contribution < 1.29 is 9.18 Å². The summed E-state index contributed by atoms with van der Waals surface area (Å²) in [6.07, 6.45) is 0. The average Bonchev–Trinajstić information content (AvgIpc) is 2.92. The summed E-state index contributed by atoms with van der Waals surface area (Å²) in [5, 5.41) is 7.95. The molecule has 0 radical (unpaired) electrons. The van der Waals surface area contributed by atoms with Crippen molar-refractivity contribution in [2.45, 2.75) is 26.8 Å². The Bertz CT molecular complexity index is 611. The number of hydrogen-bond donors (Lipinski definition) is 2. The molecule has 0 aliphatic rings. The standard InChI is InChI=1S/C16H19FN2OS/c1-10(2)16(15-5-4-8-21-15)19-12-6-7-13(17)14(9-12)18-11(3)20/h4-10,16,19H,1-3H3,(H,18,20). The molecule has 1 aromatic carbocycles. The minimum atomic E-state index is -0.437. The first-order chi connectivity index (χ1) is 9.97. The van der Waals surface area contributed by atoms with Crippen LogP contribution < -0.4 is 10.6 Å². The molecule has 2 rings (SSSR count). The number of thiophene rings is 1. The van der Waals surface area contributed by atoms with Gasteiger partial charge in [-0.05, 0) is 35.6 Å². The van der Waals surface area contributed by atoms with Gasteiger partial charge in [0.05, 0.1) is 11.7 Å². The fourth-order valence-corrected chi connectivity index (χ4v) is 3.06. The number of halogens is 1. The van der Waals surface area contributed by atoms with E-state index in [-0.39, 0.29) is 17.6 Å². The molecular formula is C16H19FN2OS. The molecule has 112 valence electrons. The first kappa shape index (κ1) is 15.5. The van der Waals surface area contributed by atoms with Crippen molar-refractivity contribution >= 4 is 28.6 Å². The zero-order valence-electron chi connectivity index (χ0n) is 12.3. The van der Waals surface area contributed by atoms with E-state index in [1.165, 1.54) is 17.9 Å². The Morgan fingerprint density at radius 3 is 2.62 bits per heavy atom. The van der Waals surface area contributed by atoms with E-state index in [1.807, 2.05) is 11.4 Å². The van der Waals surface area contributed by atoms with Gasteiger partial charge in [0.1, 0.15) is 5.82 Å². The summed E-state index contributed by atoms with van der Waals surface area (Å²) >= 11 is 1.69. The minimum absolute atomic E-state index is 0.153. The molecule has 2 aromatic rings. The van der Waals surface area contributed by atoms with Gasteiger partial charge in [-0.25, -0.2) is 4.39 Å². The lowest BCUT2D eigenvalue weighted by Gasteiger charge is -2.23. The van der Waals surface area contributed by atoms with Gasteiger partial charge in [0.15, 0.2) is 0 Å². The molecule has 1 amide bonds. The van der Waals surface area contributed by atoms with E-state index in [2.05, 4.69) is 30.5 Å². The second kappa shape index (κ2) is 6.72. The first-order valence-corrected chi connectivity index (χ1v) is 7.72. The molecule has 1 atom stereocenters. The third-order valence-corrected chi connectivity index (χ3v) is 4.07. The Labute approximate surface area is 128 Å². The highest BCUT2D eigenvalue weighted by molar-refractivity contribution is 7.10. The van der Waals surface area contributed by atoms with Crippen molar-refractivity contribution in [1.82, 2.24) is 0 Å². The van der Waals surface area contributed by atoms with Gasteiger partial charge >= 0.3 is 0 Å². The molecule has 0 saturated carbocycles. The van der Waals surface area contributed by atoms with Crippen LogP contribution in [0.1, 0.15) is 31.7 Å². The summed E-state index contributed by atoms with van der Waals surface area (Å²) in [6.45, 7) is 5.63. The largest absolute Gasteiger partial charge is 0.377 e. The number of anilines is 2. The van der Waals surface area contributed by atoms with Gasteiger partial charge in [-0.3, -0.25) is 4.79 Å². The Morgan fingerprint density at radius 2 is 2.05 bits per heavy atom. The maximum Gasteiger partial charge on any atom is 0.221 e. The van der Waals surface area contributed by atoms with Crippen LogP contribution in [0.3, 0.4) is 0 Å². The Kier molecular flexibility index (Phi) is 4.96. The molecular weight excluding hydrogens is 287 g/mol. The molecule has 3 nitrogen and oxygen atoms in total. The van der Waals surface area contributed by atoms with Crippen molar-refractivity contribution in [3.05, 3.63) is 46.4 Å². The summed E-state index contributed by atoms with van der Waals surface area (Å²) in [4.78, 5) is 12.3. The summed E-state index contributed by atoms with van der Waals surface area (Å²) < 4.78 is 13.7. The van der Waals surface area contributed by atoms with E-state index in [0.717, 1.165) is 5.69 Å². The van der Waals surface area contributed by atoms with Crippen LogP contribution in [0.2, 0.25) is 0 Å². The first-order valence-electron chi connectivity index (χ1n) is 6.84. The number of nitrogens with one attached hydrogen (secondary N) is 2. The van der Waals surface area contributed by atoms with Crippen molar-refractivity contribution in [2.75, 3.05) is 10.6 Å². The topological polar surface area (TPSA) is 41.1 Å². The molecule has 2 N–H and O–H groups in total. The zero-order valence-corrected chi connectivity index (χ0v) is 13.1. The number of benzene rings is 1. The van der Waals surface area contributed by atoms with E-state index < -0.39 is 5.82 Å². The third-order valence-electron chi connectivity index (χ3n) is 3.12. The van der Waals surface area contributed by atoms with Crippen molar-refractivity contribution in [1.29, 1.82) is 0 Å². The minimum Gasteiger partial charge on any atom is -0.377 e. The third kappa shape index (κ3) is 4.04. The van der Waals surface area contributed by atoms with Crippen LogP contribution in [-0.4, -0.2) is 5.91 Å². The Hall–Kier alpha value is -1.88. The van der Waals surface area contributed by atoms with Gasteiger partial charge < -0.3 is 10.6 Å². The molecule has 0 aliphatic carbocycles. The molecule has 5 heteroatoms. The maximum absolute atomic E-state index is 13.7. The highest BCUT2D eigenvalue weighted by Gasteiger charge is 2.17. The van der Waals surface area contributed by atoms with Gasteiger partial charge in [-0.15, -0.1) is 11.3 Å². The molecule has 21 heavy (non-hydrogen) atoms. The van der Waals surface area contributed by atoms with Crippen LogP contribution in [0.4, 0.5) is 15.8 Å². The van der Waals surface area contributed by atoms with Crippen molar-refractivity contribution in [2.24, 2.45) is 5.92 Å². The molecule has 1 heterocycles. The molecule has 1 aromatic heterocycles. The summed E-state index contributed by atoms with van der Waals surface area (Å²) in [7, 11) is 0. The highest BCUT2D eigenvalue weighted by Crippen LogP contribution is 2.31. The van der Waals surface area contributed by atoms with Crippen LogP contribution in [0, 0.1) is 11.7 Å². The van der Waals surface area contributed by atoms with Crippen LogP contribution in [0.15, 0.2) is 35.7 Å². The quantitative estimate of drug-likeness (QED) is 0.844.